The van der Waals surface area contributed by atoms with Gasteiger partial charge in [-0.3, -0.25) is 4.90 Å². The van der Waals surface area contributed by atoms with Crippen LogP contribution >= 0.6 is 11.6 Å². The molecule has 8 nitrogen and oxygen atoms in total. The molecule has 1 saturated heterocycles. The van der Waals surface area contributed by atoms with E-state index >= 15 is 0 Å². The van der Waals surface area contributed by atoms with Crippen LogP contribution in [0.5, 0.6) is 5.75 Å². The summed E-state index contributed by atoms with van der Waals surface area (Å²) in [5, 5.41) is 6.49. The highest BCUT2D eigenvalue weighted by Gasteiger charge is 2.34. The number of benzene rings is 2. The average Bonchev–Trinajstić information content (AvgIpc) is 2.85. The molecule has 0 bridgehead atoms. The Bertz CT molecular complexity index is 1090. The van der Waals surface area contributed by atoms with Gasteiger partial charge in [-0.15, -0.1) is 0 Å². The van der Waals surface area contributed by atoms with Crippen LogP contribution in [-0.4, -0.2) is 62.3 Å². The molecule has 0 aromatic heterocycles. The fraction of sp³-hybridized carbons (Fsp3) is 0.407. The number of carbonyl (C=O) groups excluding carboxylic acids is 2. The highest BCUT2D eigenvalue weighted by molar-refractivity contribution is 6.30. The standard InChI is InChI=1S/C27H33ClN4O4/c1-4-35-26(33)24-23(17-31-13-15-32(16-14-31)21-9-7-20(28)8-10-21)29-27(34)30-25(24)19-5-11-22(12-6-19)36-18(2)3/h5-12,18,25H,4,13-17H2,1-3H3,(H2,29,30,34)/t25-/m1/s1. The van der Waals surface area contributed by atoms with Gasteiger partial charge in [-0.25, -0.2) is 9.59 Å². The molecule has 0 aliphatic carbocycles. The Morgan fingerprint density at radius 3 is 2.33 bits per heavy atom. The number of halogens is 1. The molecule has 4 rings (SSSR count). The molecule has 0 unspecified atom stereocenters. The van der Waals surface area contributed by atoms with Crippen LogP contribution in [0.3, 0.4) is 0 Å². The normalized spacial score (nSPS) is 18.6. The van der Waals surface area contributed by atoms with E-state index in [1.54, 1.807) is 6.92 Å². The van der Waals surface area contributed by atoms with E-state index in [4.69, 9.17) is 21.1 Å². The van der Waals surface area contributed by atoms with E-state index in [1.807, 2.05) is 62.4 Å². The summed E-state index contributed by atoms with van der Waals surface area (Å²) in [6, 6.07) is 14.3. The number of rotatable bonds is 8. The fourth-order valence-electron chi connectivity index (χ4n) is 4.49. The smallest absolute Gasteiger partial charge is 0.338 e. The van der Waals surface area contributed by atoms with Crippen molar-refractivity contribution < 1.29 is 19.1 Å². The Morgan fingerprint density at radius 1 is 1.06 bits per heavy atom. The van der Waals surface area contributed by atoms with Gasteiger partial charge in [-0.1, -0.05) is 23.7 Å². The van der Waals surface area contributed by atoms with Crippen LogP contribution in [0.25, 0.3) is 0 Å². The number of hydrogen-bond donors (Lipinski definition) is 2. The number of esters is 1. The summed E-state index contributed by atoms with van der Waals surface area (Å²) in [4.78, 5) is 30.3. The minimum Gasteiger partial charge on any atom is -0.491 e. The Labute approximate surface area is 217 Å². The van der Waals surface area contributed by atoms with Crippen molar-refractivity contribution in [1.29, 1.82) is 0 Å². The summed E-state index contributed by atoms with van der Waals surface area (Å²) in [6.45, 7) is 9.63. The first-order valence-corrected chi connectivity index (χ1v) is 12.7. The van der Waals surface area contributed by atoms with Gasteiger partial charge in [0.25, 0.3) is 0 Å². The lowest BCUT2D eigenvalue weighted by molar-refractivity contribution is -0.139. The molecule has 2 aromatic rings. The lowest BCUT2D eigenvalue weighted by atomic mass is 9.94. The Balaban J connectivity index is 1.54. The first-order chi connectivity index (χ1) is 17.3. The van der Waals surface area contributed by atoms with Gasteiger partial charge in [-0.2, -0.15) is 0 Å². The van der Waals surface area contributed by atoms with E-state index in [2.05, 4.69) is 20.4 Å². The molecule has 2 aromatic carbocycles. The fourth-order valence-corrected chi connectivity index (χ4v) is 4.62. The first kappa shape index (κ1) is 25.9. The molecule has 2 heterocycles. The van der Waals surface area contributed by atoms with Crippen molar-refractivity contribution in [3.63, 3.8) is 0 Å². The number of hydrogen-bond acceptors (Lipinski definition) is 6. The maximum Gasteiger partial charge on any atom is 0.338 e. The number of ether oxygens (including phenoxy) is 2. The van der Waals surface area contributed by atoms with Crippen LogP contribution in [0.4, 0.5) is 10.5 Å². The van der Waals surface area contributed by atoms with E-state index in [1.165, 1.54) is 0 Å². The van der Waals surface area contributed by atoms with Gasteiger partial charge >= 0.3 is 12.0 Å². The van der Waals surface area contributed by atoms with Crippen LogP contribution in [-0.2, 0) is 9.53 Å². The molecule has 9 heteroatoms. The molecule has 2 N–H and O–H groups in total. The number of piperazine rings is 1. The van der Waals surface area contributed by atoms with E-state index in [9.17, 15) is 9.59 Å². The predicted molar refractivity (Wildman–Crippen MR) is 140 cm³/mol. The van der Waals surface area contributed by atoms with Gasteiger partial charge in [0, 0.05) is 49.1 Å². The molecule has 36 heavy (non-hydrogen) atoms. The van der Waals surface area contributed by atoms with Crippen LogP contribution in [0, 0.1) is 0 Å². The van der Waals surface area contributed by atoms with Gasteiger partial charge < -0.3 is 25.0 Å². The molecule has 0 saturated carbocycles. The molecular weight excluding hydrogens is 480 g/mol. The summed E-state index contributed by atoms with van der Waals surface area (Å²) >= 11 is 6.02. The summed E-state index contributed by atoms with van der Waals surface area (Å²) in [6.07, 6.45) is 0.0520. The number of urea groups is 1. The monoisotopic (exact) mass is 512 g/mol. The summed E-state index contributed by atoms with van der Waals surface area (Å²) in [5.41, 5.74) is 2.92. The summed E-state index contributed by atoms with van der Waals surface area (Å²) < 4.78 is 11.1. The zero-order valence-corrected chi connectivity index (χ0v) is 21.7. The van der Waals surface area contributed by atoms with Crippen LogP contribution < -0.4 is 20.3 Å². The van der Waals surface area contributed by atoms with Crippen LogP contribution in [0.2, 0.25) is 5.02 Å². The zero-order chi connectivity index (χ0) is 25.7. The lowest BCUT2D eigenvalue weighted by Crippen LogP contribution is -2.51. The second kappa shape index (κ2) is 11.7. The Hall–Kier alpha value is -3.23. The van der Waals surface area contributed by atoms with Crippen molar-refractivity contribution in [2.75, 3.05) is 44.2 Å². The maximum atomic E-state index is 13.1. The minimum absolute atomic E-state index is 0.0520. The first-order valence-electron chi connectivity index (χ1n) is 12.3. The largest absolute Gasteiger partial charge is 0.491 e. The van der Waals surface area contributed by atoms with E-state index < -0.39 is 12.0 Å². The molecule has 2 amide bonds. The van der Waals surface area contributed by atoms with Crippen molar-refractivity contribution >= 4 is 29.3 Å². The summed E-state index contributed by atoms with van der Waals surface area (Å²) in [5.74, 6) is 0.293. The molecule has 192 valence electrons. The zero-order valence-electron chi connectivity index (χ0n) is 20.9. The van der Waals surface area contributed by atoms with Crippen molar-refractivity contribution in [1.82, 2.24) is 15.5 Å². The molecule has 2 aliphatic heterocycles. The van der Waals surface area contributed by atoms with Gasteiger partial charge in [0.2, 0.25) is 0 Å². The van der Waals surface area contributed by atoms with Gasteiger partial charge in [0.1, 0.15) is 5.75 Å². The molecular formula is C27H33ClN4O4. The summed E-state index contributed by atoms with van der Waals surface area (Å²) in [7, 11) is 0. The van der Waals surface area contributed by atoms with Crippen LogP contribution in [0.15, 0.2) is 59.8 Å². The van der Waals surface area contributed by atoms with Crippen molar-refractivity contribution in [3.05, 3.63) is 70.4 Å². The predicted octanol–water partition coefficient (Wildman–Crippen LogP) is 4.12. The third kappa shape index (κ3) is 6.30. The van der Waals surface area contributed by atoms with E-state index in [-0.39, 0.29) is 18.7 Å². The SMILES string of the molecule is CCOC(=O)C1=C(CN2CCN(c3ccc(Cl)cc3)CC2)NC(=O)N[C@@H]1c1ccc(OC(C)C)cc1. The second-order valence-electron chi connectivity index (χ2n) is 9.12. The second-order valence-corrected chi connectivity index (χ2v) is 9.56. The van der Waals surface area contributed by atoms with E-state index in [0.717, 1.165) is 43.2 Å². The van der Waals surface area contributed by atoms with Crippen molar-refractivity contribution in [2.24, 2.45) is 0 Å². The number of nitrogens with zero attached hydrogens (tertiary/aromatic N) is 2. The number of carbonyl (C=O) groups is 2. The third-order valence-electron chi connectivity index (χ3n) is 6.18. The maximum absolute atomic E-state index is 13.1. The molecule has 0 spiro atoms. The van der Waals surface area contributed by atoms with Crippen molar-refractivity contribution in [2.45, 2.75) is 32.9 Å². The number of nitrogens with one attached hydrogen (secondary N) is 2. The Morgan fingerprint density at radius 2 is 1.72 bits per heavy atom. The van der Waals surface area contributed by atoms with Gasteiger partial charge in [0.05, 0.1) is 24.3 Å². The highest BCUT2D eigenvalue weighted by Crippen LogP contribution is 2.30. The number of amides is 2. The van der Waals surface area contributed by atoms with Gasteiger partial charge in [-0.05, 0) is 62.7 Å². The Kier molecular flexibility index (Phi) is 8.38. The van der Waals surface area contributed by atoms with E-state index in [0.29, 0.717) is 22.8 Å². The lowest BCUT2D eigenvalue weighted by Gasteiger charge is -2.38. The molecule has 0 radical (unpaired) electrons. The molecule has 2 aliphatic rings. The minimum atomic E-state index is -0.615. The molecule has 1 fully saturated rings. The van der Waals surface area contributed by atoms with Crippen LogP contribution in [0.1, 0.15) is 32.4 Å². The van der Waals surface area contributed by atoms with Crippen molar-refractivity contribution in [3.8, 4) is 5.75 Å². The topological polar surface area (TPSA) is 83.1 Å². The third-order valence-corrected chi connectivity index (χ3v) is 6.43. The molecule has 1 atom stereocenters. The average molecular weight is 513 g/mol. The number of anilines is 1. The highest BCUT2D eigenvalue weighted by atomic mass is 35.5. The van der Waals surface area contributed by atoms with Gasteiger partial charge in [0.15, 0.2) is 0 Å². The quantitative estimate of drug-likeness (QED) is 0.518.